The maximum absolute atomic E-state index is 6.65. The smallest absolute Gasteiger partial charge is 0.0938 e. The van der Waals surface area contributed by atoms with E-state index in [1.807, 2.05) is 0 Å². The minimum Gasteiger partial charge on any atom is -0.143 e. The summed E-state index contributed by atoms with van der Waals surface area (Å²) in [4.78, 5) is 2.58. The monoisotopic (exact) mass is 356 g/mol. The van der Waals surface area contributed by atoms with E-state index in [1.54, 1.807) is 11.3 Å². The van der Waals surface area contributed by atoms with E-state index < -0.39 is 0 Å². The summed E-state index contributed by atoms with van der Waals surface area (Å²) in [6, 6.07) is 10.6. The van der Waals surface area contributed by atoms with Gasteiger partial charge in [-0.2, -0.15) is 0 Å². The predicted molar refractivity (Wildman–Crippen MR) is 89.6 cm³/mol. The molecule has 0 amide bonds. The van der Waals surface area contributed by atoms with Gasteiger partial charge in [-0.1, -0.05) is 54.9 Å². The molecule has 1 unspecified atom stereocenters. The SMILES string of the molecule is Cc1cccc(C(Cl)c2ccc(C(C)(C)C)s2)c1Br. The van der Waals surface area contributed by atoms with Gasteiger partial charge in [-0.05, 0) is 35.6 Å². The molecule has 1 atom stereocenters. The first-order valence-corrected chi connectivity index (χ1v) is 8.34. The molecule has 0 spiro atoms. The maximum atomic E-state index is 6.65. The van der Waals surface area contributed by atoms with Crippen LogP contribution >= 0.6 is 38.9 Å². The van der Waals surface area contributed by atoms with Crippen molar-refractivity contribution in [2.24, 2.45) is 0 Å². The van der Waals surface area contributed by atoms with Gasteiger partial charge >= 0.3 is 0 Å². The van der Waals surface area contributed by atoms with Crippen LogP contribution in [0.5, 0.6) is 0 Å². The Morgan fingerprint density at radius 2 is 1.84 bits per heavy atom. The molecule has 0 fully saturated rings. The van der Waals surface area contributed by atoms with Crippen LogP contribution in [0, 0.1) is 6.92 Å². The molecule has 1 aromatic carbocycles. The number of thiophene rings is 1. The molecule has 0 saturated carbocycles. The molecule has 0 nitrogen and oxygen atoms in total. The molecular formula is C16H18BrClS. The fourth-order valence-corrected chi connectivity index (χ4v) is 3.99. The molecule has 0 aliphatic carbocycles. The van der Waals surface area contributed by atoms with Crippen molar-refractivity contribution in [2.45, 2.75) is 38.5 Å². The quantitative estimate of drug-likeness (QED) is 0.542. The zero-order valence-corrected chi connectivity index (χ0v) is 14.8. The zero-order valence-electron chi connectivity index (χ0n) is 11.6. The first kappa shape index (κ1) is 15.1. The van der Waals surface area contributed by atoms with E-state index in [4.69, 9.17) is 11.6 Å². The molecule has 2 rings (SSSR count). The largest absolute Gasteiger partial charge is 0.143 e. The molecule has 19 heavy (non-hydrogen) atoms. The number of benzene rings is 1. The lowest BCUT2D eigenvalue weighted by molar-refractivity contribution is 0.604. The molecule has 0 saturated heterocycles. The van der Waals surface area contributed by atoms with Crippen LogP contribution in [0.4, 0.5) is 0 Å². The first-order valence-electron chi connectivity index (χ1n) is 6.30. The van der Waals surface area contributed by atoms with Crippen LogP contribution in [0.15, 0.2) is 34.8 Å². The van der Waals surface area contributed by atoms with Gasteiger partial charge in [-0.25, -0.2) is 0 Å². The van der Waals surface area contributed by atoms with Gasteiger partial charge in [0.2, 0.25) is 0 Å². The molecule has 102 valence electrons. The molecule has 0 aliphatic heterocycles. The lowest BCUT2D eigenvalue weighted by Crippen LogP contribution is -2.07. The van der Waals surface area contributed by atoms with Crippen LogP contribution in [-0.4, -0.2) is 0 Å². The Hall–Kier alpha value is -0.310. The summed E-state index contributed by atoms with van der Waals surface area (Å²) >= 11 is 12.1. The average molecular weight is 358 g/mol. The van der Waals surface area contributed by atoms with Crippen LogP contribution in [0.25, 0.3) is 0 Å². The van der Waals surface area contributed by atoms with Crippen molar-refractivity contribution in [1.29, 1.82) is 0 Å². The summed E-state index contributed by atoms with van der Waals surface area (Å²) < 4.78 is 1.11. The van der Waals surface area contributed by atoms with Crippen molar-refractivity contribution in [3.63, 3.8) is 0 Å². The molecule has 0 N–H and O–H groups in total. The molecule has 1 aromatic heterocycles. The second-order valence-electron chi connectivity index (χ2n) is 5.79. The number of aryl methyl sites for hydroxylation is 1. The molecule has 1 heterocycles. The Morgan fingerprint density at radius 1 is 1.16 bits per heavy atom. The van der Waals surface area contributed by atoms with Crippen molar-refractivity contribution in [3.8, 4) is 0 Å². The van der Waals surface area contributed by atoms with E-state index in [9.17, 15) is 0 Å². The summed E-state index contributed by atoms with van der Waals surface area (Å²) in [6.07, 6.45) is 0. The Bertz CT molecular complexity index is 581. The van der Waals surface area contributed by atoms with E-state index in [2.05, 4.69) is 74.0 Å². The van der Waals surface area contributed by atoms with Crippen molar-refractivity contribution in [1.82, 2.24) is 0 Å². The second kappa shape index (κ2) is 5.59. The molecule has 0 radical (unpaired) electrons. The third-order valence-electron chi connectivity index (χ3n) is 3.11. The van der Waals surface area contributed by atoms with Gasteiger partial charge in [0.25, 0.3) is 0 Å². The minimum atomic E-state index is -0.0876. The second-order valence-corrected chi connectivity index (χ2v) is 8.14. The maximum Gasteiger partial charge on any atom is 0.0938 e. The molecule has 2 aromatic rings. The van der Waals surface area contributed by atoms with E-state index in [1.165, 1.54) is 15.3 Å². The highest BCUT2D eigenvalue weighted by molar-refractivity contribution is 9.10. The Balaban J connectivity index is 2.37. The molecule has 0 aliphatic rings. The topological polar surface area (TPSA) is 0 Å². The van der Waals surface area contributed by atoms with Crippen LogP contribution in [0.1, 0.15) is 47.0 Å². The van der Waals surface area contributed by atoms with Crippen molar-refractivity contribution >= 4 is 38.9 Å². The summed E-state index contributed by atoms with van der Waals surface area (Å²) in [5.41, 5.74) is 2.54. The predicted octanol–water partition coefficient (Wildman–Crippen LogP) is 6.44. The normalized spacial score (nSPS) is 13.6. The lowest BCUT2D eigenvalue weighted by atomic mass is 9.95. The standard InChI is InChI=1S/C16H18BrClS/c1-10-6-5-7-11(14(10)17)15(18)12-8-9-13(19-12)16(2,3)4/h5-9,15H,1-4H3. The van der Waals surface area contributed by atoms with Gasteiger partial charge in [0.15, 0.2) is 0 Å². The van der Waals surface area contributed by atoms with Gasteiger partial charge in [0.1, 0.15) is 0 Å². The average Bonchev–Trinajstić information content (AvgIpc) is 2.81. The summed E-state index contributed by atoms with van der Waals surface area (Å²) in [5, 5.41) is -0.0876. The van der Waals surface area contributed by atoms with Gasteiger partial charge in [0, 0.05) is 14.2 Å². The highest BCUT2D eigenvalue weighted by Crippen LogP contribution is 2.40. The number of hydrogen-bond acceptors (Lipinski definition) is 1. The van der Waals surface area contributed by atoms with Crippen molar-refractivity contribution in [2.75, 3.05) is 0 Å². The van der Waals surface area contributed by atoms with Gasteiger partial charge in [-0.15, -0.1) is 22.9 Å². The van der Waals surface area contributed by atoms with Crippen LogP contribution < -0.4 is 0 Å². The molecule has 0 bridgehead atoms. The third kappa shape index (κ3) is 3.24. The fourth-order valence-electron chi connectivity index (χ4n) is 1.91. The van der Waals surface area contributed by atoms with Crippen LogP contribution in [-0.2, 0) is 5.41 Å². The Labute approximate surface area is 132 Å². The Morgan fingerprint density at radius 3 is 2.42 bits per heavy atom. The summed E-state index contributed by atoms with van der Waals surface area (Å²) in [7, 11) is 0. The van der Waals surface area contributed by atoms with Crippen LogP contribution in [0.3, 0.4) is 0 Å². The van der Waals surface area contributed by atoms with Gasteiger partial charge in [0.05, 0.1) is 5.38 Å². The third-order valence-corrected chi connectivity index (χ3v) is 6.37. The fraction of sp³-hybridized carbons (Fsp3) is 0.375. The number of alkyl halides is 1. The van der Waals surface area contributed by atoms with E-state index >= 15 is 0 Å². The van der Waals surface area contributed by atoms with Gasteiger partial charge in [-0.3, -0.25) is 0 Å². The first-order chi connectivity index (χ1) is 8.80. The molecular weight excluding hydrogens is 340 g/mol. The van der Waals surface area contributed by atoms with Crippen molar-refractivity contribution in [3.05, 3.63) is 55.7 Å². The van der Waals surface area contributed by atoms with Crippen molar-refractivity contribution < 1.29 is 0 Å². The lowest BCUT2D eigenvalue weighted by Gasteiger charge is -2.16. The highest BCUT2D eigenvalue weighted by atomic mass is 79.9. The minimum absolute atomic E-state index is 0.0876. The number of rotatable bonds is 2. The summed E-state index contributed by atoms with van der Waals surface area (Å²) in [5.74, 6) is 0. The molecule has 3 heteroatoms. The zero-order chi connectivity index (χ0) is 14.2. The van der Waals surface area contributed by atoms with Crippen LogP contribution in [0.2, 0.25) is 0 Å². The van der Waals surface area contributed by atoms with E-state index in [0.717, 1.165) is 10.0 Å². The summed E-state index contributed by atoms with van der Waals surface area (Å²) in [6.45, 7) is 8.78. The van der Waals surface area contributed by atoms with E-state index in [-0.39, 0.29) is 10.8 Å². The Kier molecular flexibility index (Phi) is 4.44. The van der Waals surface area contributed by atoms with E-state index in [0.29, 0.717) is 0 Å². The highest BCUT2D eigenvalue weighted by Gasteiger charge is 2.21. The number of hydrogen-bond donors (Lipinski definition) is 0. The van der Waals surface area contributed by atoms with Gasteiger partial charge < -0.3 is 0 Å². The number of halogens is 2.